The highest BCUT2D eigenvalue weighted by Crippen LogP contribution is 2.37. The monoisotopic (exact) mass is 409 g/mol. The zero-order valence-electron chi connectivity index (χ0n) is 14.9. The fourth-order valence-corrected chi connectivity index (χ4v) is 4.02. The number of nitrogens with zero attached hydrogens (tertiary/aromatic N) is 3. The summed E-state index contributed by atoms with van der Waals surface area (Å²) in [6.45, 7) is 1.88. The Bertz CT molecular complexity index is 1130. The van der Waals surface area contributed by atoms with Crippen LogP contribution < -0.4 is 5.32 Å². The number of nitrogens with one attached hydrogen (secondary N) is 2. The number of benzene rings is 2. The Morgan fingerprint density at radius 1 is 1.11 bits per heavy atom. The van der Waals surface area contributed by atoms with Gasteiger partial charge >= 0.3 is 0 Å². The molecular weight excluding hydrogens is 394 g/mol. The molecule has 0 saturated carbocycles. The van der Waals surface area contributed by atoms with Gasteiger partial charge in [0.05, 0.1) is 6.33 Å². The van der Waals surface area contributed by atoms with Gasteiger partial charge in [0.25, 0.3) is 0 Å². The van der Waals surface area contributed by atoms with Crippen molar-refractivity contribution in [3.8, 4) is 0 Å². The van der Waals surface area contributed by atoms with E-state index in [1.165, 1.54) is 18.1 Å². The van der Waals surface area contributed by atoms with E-state index in [2.05, 4.69) is 25.3 Å². The number of aromatic amines is 1. The third-order valence-electron chi connectivity index (χ3n) is 4.28. The standard InChI is InChI=1S/C20H16ClN5OS/c1-12-14(21)8-5-9-15(12)26-19(27)17(13-6-3-2-4-7-13)28-20-16-18(23-10-22-16)24-11-25-20/h2-11,17H,1H3,(H,26,27)(H,22,23,24,25)/t17-/m0/s1. The van der Waals surface area contributed by atoms with Gasteiger partial charge in [-0.05, 0) is 30.2 Å². The van der Waals surface area contributed by atoms with Crippen LogP contribution in [0.2, 0.25) is 5.02 Å². The summed E-state index contributed by atoms with van der Waals surface area (Å²) in [6.07, 6.45) is 3.02. The minimum atomic E-state index is -0.513. The number of fused-ring (bicyclic) bond motifs is 1. The molecule has 4 aromatic rings. The molecule has 0 aliphatic rings. The fourth-order valence-electron chi connectivity index (χ4n) is 2.79. The van der Waals surface area contributed by atoms with Crippen molar-refractivity contribution in [2.45, 2.75) is 17.2 Å². The summed E-state index contributed by atoms with van der Waals surface area (Å²) in [5, 5.41) is 3.75. The molecule has 1 atom stereocenters. The first-order chi connectivity index (χ1) is 13.6. The van der Waals surface area contributed by atoms with Crippen LogP contribution in [0.1, 0.15) is 16.4 Å². The summed E-state index contributed by atoms with van der Waals surface area (Å²) in [5.41, 5.74) is 3.66. The van der Waals surface area contributed by atoms with Gasteiger partial charge in [0.1, 0.15) is 22.1 Å². The van der Waals surface area contributed by atoms with Gasteiger partial charge in [-0.25, -0.2) is 15.0 Å². The van der Waals surface area contributed by atoms with E-state index in [1.807, 2.05) is 49.4 Å². The highest BCUT2D eigenvalue weighted by Gasteiger charge is 2.25. The van der Waals surface area contributed by atoms with Crippen molar-refractivity contribution in [2.75, 3.05) is 5.32 Å². The molecule has 2 aromatic heterocycles. The number of hydrogen-bond acceptors (Lipinski definition) is 5. The smallest absolute Gasteiger partial charge is 0.242 e. The Labute approximate surface area is 170 Å². The Balaban J connectivity index is 1.69. The summed E-state index contributed by atoms with van der Waals surface area (Å²) in [4.78, 5) is 28.9. The number of imidazole rings is 1. The Kier molecular flexibility index (Phi) is 5.27. The lowest BCUT2D eigenvalue weighted by Crippen LogP contribution is -2.19. The second-order valence-corrected chi connectivity index (χ2v) is 7.59. The highest BCUT2D eigenvalue weighted by atomic mass is 35.5. The number of halogens is 1. The number of rotatable bonds is 5. The molecule has 2 aromatic carbocycles. The van der Waals surface area contributed by atoms with Crippen LogP contribution in [0, 0.1) is 6.92 Å². The first-order valence-corrected chi connectivity index (χ1v) is 9.81. The van der Waals surface area contributed by atoms with Gasteiger partial charge in [0, 0.05) is 10.7 Å². The van der Waals surface area contributed by atoms with Gasteiger partial charge in [-0.2, -0.15) is 0 Å². The van der Waals surface area contributed by atoms with Gasteiger partial charge < -0.3 is 10.3 Å². The Morgan fingerprint density at radius 3 is 2.75 bits per heavy atom. The SMILES string of the molecule is Cc1c(Cl)cccc1NC(=O)[C@@H](Sc1ncnc2nc[nH]c12)c1ccccc1. The lowest BCUT2D eigenvalue weighted by molar-refractivity contribution is -0.115. The zero-order valence-corrected chi connectivity index (χ0v) is 16.5. The predicted molar refractivity (Wildman–Crippen MR) is 112 cm³/mol. The fraction of sp³-hybridized carbons (Fsp3) is 0.100. The number of hydrogen-bond donors (Lipinski definition) is 2. The van der Waals surface area contributed by atoms with Crippen LogP contribution in [0.4, 0.5) is 5.69 Å². The van der Waals surface area contributed by atoms with Gasteiger partial charge in [-0.1, -0.05) is 59.8 Å². The molecule has 0 saturated heterocycles. The van der Waals surface area contributed by atoms with E-state index < -0.39 is 5.25 Å². The van der Waals surface area contributed by atoms with E-state index in [4.69, 9.17) is 11.6 Å². The van der Waals surface area contributed by atoms with Crippen LogP contribution in [0.15, 0.2) is 66.2 Å². The van der Waals surface area contributed by atoms with E-state index in [0.29, 0.717) is 26.9 Å². The summed E-state index contributed by atoms with van der Waals surface area (Å²) in [7, 11) is 0. The minimum Gasteiger partial charge on any atom is -0.341 e. The van der Waals surface area contributed by atoms with E-state index >= 15 is 0 Å². The Morgan fingerprint density at radius 2 is 1.93 bits per heavy atom. The van der Waals surface area contributed by atoms with Crippen LogP contribution in [0.25, 0.3) is 11.2 Å². The summed E-state index contributed by atoms with van der Waals surface area (Å²) in [5.74, 6) is -0.159. The van der Waals surface area contributed by atoms with Crippen LogP contribution in [0.5, 0.6) is 0 Å². The van der Waals surface area contributed by atoms with Gasteiger partial charge in [-0.3, -0.25) is 4.79 Å². The van der Waals surface area contributed by atoms with E-state index in [-0.39, 0.29) is 5.91 Å². The first-order valence-electron chi connectivity index (χ1n) is 8.55. The van der Waals surface area contributed by atoms with Crippen LogP contribution in [-0.4, -0.2) is 25.8 Å². The summed E-state index contributed by atoms with van der Waals surface area (Å²) >= 11 is 7.54. The molecule has 0 spiro atoms. The molecular formula is C20H16ClN5OS. The molecule has 0 aliphatic heterocycles. The second-order valence-electron chi connectivity index (χ2n) is 6.09. The lowest BCUT2D eigenvalue weighted by Gasteiger charge is -2.18. The van der Waals surface area contributed by atoms with Crippen molar-refractivity contribution in [1.29, 1.82) is 0 Å². The molecule has 0 unspecified atom stereocenters. The number of carbonyl (C=O) groups is 1. The number of thioether (sulfide) groups is 1. The molecule has 0 aliphatic carbocycles. The molecule has 0 fully saturated rings. The van der Waals surface area contributed by atoms with Gasteiger partial charge in [-0.15, -0.1) is 0 Å². The number of aromatic nitrogens is 4. The second kappa shape index (κ2) is 8.00. The number of anilines is 1. The molecule has 6 nitrogen and oxygen atoms in total. The zero-order chi connectivity index (χ0) is 19.5. The van der Waals surface area contributed by atoms with E-state index in [9.17, 15) is 4.79 Å². The average molecular weight is 410 g/mol. The van der Waals surface area contributed by atoms with Crippen LogP contribution in [-0.2, 0) is 4.79 Å². The van der Waals surface area contributed by atoms with Crippen LogP contribution in [0.3, 0.4) is 0 Å². The minimum absolute atomic E-state index is 0.159. The normalized spacial score (nSPS) is 12.1. The highest BCUT2D eigenvalue weighted by molar-refractivity contribution is 8.00. The van der Waals surface area contributed by atoms with E-state index in [0.717, 1.165) is 11.1 Å². The van der Waals surface area contributed by atoms with Crippen molar-refractivity contribution < 1.29 is 4.79 Å². The van der Waals surface area contributed by atoms with Crippen molar-refractivity contribution in [3.05, 3.63) is 77.3 Å². The quantitative estimate of drug-likeness (QED) is 0.366. The molecule has 0 radical (unpaired) electrons. The maximum atomic E-state index is 13.2. The molecule has 2 N–H and O–H groups in total. The lowest BCUT2D eigenvalue weighted by atomic mass is 10.1. The molecule has 2 heterocycles. The number of H-pyrrole nitrogens is 1. The molecule has 140 valence electrons. The maximum Gasteiger partial charge on any atom is 0.242 e. The van der Waals surface area contributed by atoms with Crippen molar-refractivity contribution in [3.63, 3.8) is 0 Å². The number of carbonyl (C=O) groups excluding carboxylic acids is 1. The summed E-state index contributed by atoms with van der Waals surface area (Å²) < 4.78 is 0. The molecule has 4 rings (SSSR count). The topological polar surface area (TPSA) is 83.6 Å². The largest absolute Gasteiger partial charge is 0.341 e. The first kappa shape index (κ1) is 18.5. The molecule has 28 heavy (non-hydrogen) atoms. The van der Waals surface area contributed by atoms with E-state index in [1.54, 1.807) is 12.4 Å². The molecule has 8 heteroatoms. The number of amides is 1. The van der Waals surface area contributed by atoms with Crippen molar-refractivity contribution in [1.82, 2.24) is 19.9 Å². The third kappa shape index (κ3) is 3.72. The van der Waals surface area contributed by atoms with Gasteiger partial charge in [0.2, 0.25) is 5.91 Å². The average Bonchev–Trinajstić information content (AvgIpc) is 3.20. The Hall–Kier alpha value is -2.90. The maximum absolute atomic E-state index is 13.2. The van der Waals surface area contributed by atoms with Crippen LogP contribution >= 0.6 is 23.4 Å². The molecule has 1 amide bonds. The van der Waals surface area contributed by atoms with Crippen molar-refractivity contribution in [2.24, 2.45) is 0 Å². The third-order valence-corrected chi connectivity index (χ3v) is 5.95. The predicted octanol–water partition coefficient (Wildman–Crippen LogP) is 4.79. The molecule has 0 bridgehead atoms. The van der Waals surface area contributed by atoms with Gasteiger partial charge in [0.15, 0.2) is 5.65 Å². The van der Waals surface area contributed by atoms with Crippen molar-refractivity contribution >= 4 is 46.1 Å². The summed E-state index contributed by atoms with van der Waals surface area (Å²) in [6, 6.07) is 15.0.